The highest BCUT2D eigenvalue weighted by atomic mass is 79.9. The molecule has 0 spiro atoms. The molecular formula is C13H19BrN2. The molecule has 0 aromatic heterocycles. The summed E-state index contributed by atoms with van der Waals surface area (Å²) in [6, 6.07) is 9.67. The maximum Gasteiger partial charge on any atom is 0.0514 e. The quantitative estimate of drug-likeness (QED) is 0.897. The van der Waals surface area contributed by atoms with Gasteiger partial charge in [0.25, 0.3) is 0 Å². The van der Waals surface area contributed by atoms with Crippen LogP contribution in [0, 0.1) is 0 Å². The minimum atomic E-state index is 0.565. The molecule has 2 atom stereocenters. The SMILES string of the molecule is CCC1CNC(C)CN1c1ccccc1Br. The summed E-state index contributed by atoms with van der Waals surface area (Å²) in [5, 5.41) is 3.55. The van der Waals surface area contributed by atoms with Crippen LogP contribution < -0.4 is 10.2 Å². The predicted molar refractivity (Wildman–Crippen MR) is 73.0 cm³/mol. The van der Waals surface area contributed by atoms with Crippen LogP contribution in [0.1, 0.15) is 20.3 Å². The van der Waals surface area contributed by atoms with Crippen LogP contribution in [-0.2, 0) is 0 Å². The van der Waals surface area contributed by atoms with Crippen LogP contribution in [0.4, 0.5) is 5.69 Å². The van der Waals surface area contributed by atoms with Gasteiger partial charge in [0.05, 0.1) is 5.69 Å². The van der Waals surface area contributed by atoms with Crippen LogP contribution in [0.2, 0.25) is 0 Å². The molecule has 1 aliphatic rings. The van der Waals surface area contributed by atoms with E-state index in [-0.39, 0.29) is 0 Å². The van der Waals surface area contributed by atoms with Crippen LogP contribution >= 0.6 is 15.9 Å². The summed E-state index contributed by atoms with van der Waals surface area (Å²) in [6.07, 6.45) is 1.18. The minimum Gasteiger partial charge on any atom is -0.365 e. The maximum absolute atomic E-state index is 3.65. The van der Waals surface area contributed by atoms with E-state index in [1.807, 2.05) is 0 Å². The molecule has 88 valence electrons. The van der Waals surface area contributed by atoms with Gasteiger partial charge in [0.1, 0.15) is 0 Å². The number of nitrogens with zero attached hydrogens (tertiary/aromatic N) is 1. The lowest BCUT2D eigenvalue weighted by Crippen LogP contribution is -2.55. The third-order valence-electron chi connectivity index (χ3n) is 3.25. The smallest absolute Gasteiger partial charge is 0.0514 e. The highest BCUT2D eigenvalue weighted by Crippen LogP contribution is 2.29. The van der Waals surface area contributed by atoms with Crippen molar-refractivity contribution in [3.05, 3.63) is 28.7 Å². The average molecular weight is 283 g/mol. The zero-order chi connectivity index (χ0) is 11.5. The number of piperazine rings is 1. The summed E-state index contributed by atoms with van der Waals surface area (Å²) in [4.78, 5) is 2.52. The van der Waals surface area contributed by atoms with Crippen molar-refractivity contribution in [2.24, 2.45) is 0 Å². The molecule has 16 heavy (non-hydrogen) atoms. The highest BCUT2D eigenvalue weighted by molar-refractivity contribution is 9.10. The fraction of sp³-hybridized carbons (Fsp3) is 0.538. The zero-order valence-corrected chi connectivity index (χ0v) is 11.5. The van der Waals surface area contributed by atoms with Gasteiger partial charge in [-0.05, 0) is 41.4 Å². The largest absolute Gasteiger partial charge is 0.365 e. The lowest BCUT2D eigenvalue weighted by Gasteiger charge is -2.41. The average Bonchev–Trinajstić information content (AvgIpc) is 2.29. The molecule has 1 heterocycles. The van der Waals surface area contributed by atoms with Gasteiger partial charge in [0, 0.05) is 29.6 Å². The second-order valence-corrected chi connectivity index (χ2v) is 5.33. The van der Waals surface area contributed by atoms with Crippen LogP contribution in [-0.4, -0.2) is 25.2 Å². The normalized spacial score (nSPS) is 25.8. The Labute approximate surface area is 106 Å². The van der Waals surface area contributed by atoms with E-state index in [0.717, 1.165) is 13.1 Å². The first-order chi connectivity index (χ1) is 7.72. The molecule has 1 aliphatic heterocycles. The van der Waals surface area contributed by atoms with Gasteiger partial charge in [0.15, 0.2) is 0 Å². The van der Waals surface area contributed by atoms with E-state index in [0.29, 0.717) is 12.1 Å². The molecule has 1 N–H and O–H groups in total. The van der Waals surface area contributed by atoms with Crippen molar-refractivity contribution in [1.82, 2.24) is 5.32 Å². The molecule has 1 fully saturated rings. The molecule has 1 aromatic rings. The number of nitrogens with one attached hydrogen (secondary N) is 1. The fourth-order valence-electron chi connectivity index (χ4n) is 2.30. The Bertz CT molecular complexity index is 354. The number of halogens is 1. The van der Waals surface area contributed by atoms with Crippen LogP contribution in [0.25, 0.3) is 0 Å². The molecule has 0 amide bonds. The van der Waals surface area contributed by atoms with E-state index in [4.69, 9.17) is 0 Å². The number of benzene rings is 1. The molecule has 2 rings (SSSR count). The Balaban J connectivity index is 2.26. The van der Waals surface area contributed by atoms with E-state index in [9.17, 15) is 0 Å². The Kier molecular flexibility index (Phi) is 3.87. The number of para-hydroxylation sites is 1. The van der Waals surface area contributed by atoms with Crippen molar-refractivity contribution >= 4 is 21.6 Å². The first kappa shape index (κ1) is 11.9. The molecule has 0 aliphatic carbocycles. The maximum atomic E-state index is 3.65. The van der Waals surface area contributed by atoms with Gasteiger partial charge in [-0.2, -0.15) is 0 Å². The Morgan fingerprint density at radius 2 is 2.19 bits per heavy atom. The summed E-state index contributed by atoms with van der Waals surface area (Å²) in [5.41, 5.74) is 1.32. The van der Waals surface area contributed by atoms with Crippen molar-refractivity contribution < 1.29 is 0 Å². The van der Waals surface area contributed by atoms with Gasteiger partial charge in [-0.1, -0.05) is 19.1 Å². The number of anilines is 1. The monoisotopic (exact) mass is 282 g/mol. The van der Waals surface area contributed by atoms with Gasteiger partial charge in [0.2, 0.25) is 0 Å². The van der Waals surface area contributed by atoms with E-state index >= 15 is 0 Å². The van der Waals surface area contributed by atoms with Gasteiger partial charge in [-0.15, -0.1) is 0 Å². The standard InChI is InChI=1S/C13H19BrN2/c1-3-11-8-15-10(2)9-16(11)13-7-5-4-6-12(13)14/h4-7,10-11,15H,3,8-9H2,1-2H3. The molecule has 0 radical (unpaired) electrons. The second kappa shape index (κ2) is 5.19. The highest BCUT2D eigenvalue weighted by Gasteiger charge is 2.25. The molecule has 0 saturated carbocycles. The zero-order valence-electron chi connectivity index (χ0n) is 9.91. The van der Waals surface area contributed by atoms with Gasteiger partial charge < -0.3 is 10.2 Å². The summed E-state index contributed by atoms with van der Waals surface area (Å²) >= 11 is 3.65. The van der Waals surface area contributed by atoms with Crippen LogP contribution in [0.3, 0.4) is 0 Å². The minimum absolute atomic E-state index is 0.565. The van der Waals surface area contributed by atoms with Crippen molar-refractivity contribution in [2.45, 2.75) is 32.4 Å². The Morgan fingerprint density at radius 1 is 1.44 bits per heavy atom. The molecule has 3 heteroatoms. The first-order valence-corrected chi connectivity index (χ1v) is 6.76. The number of hydrogen-bond donors (Lipinski definition) is 1. The molecule has 2 unspecified atom stereocenters. The van der Waals surface area contributed by atoms with Crippen molar-refractivity contribution in [1.29, 1.82) is 0 Å². The number of rotatable bonds is 2. The molecular weight excluding hydrogens is 264 g/mol. The summed E-state index contributed by atoms with van der Waals surface area (Å²) in [7, 11) is 0. The Hall–Kier alpha value is -0.540. The third-order valence-corrected chi connectivity index (χ3v) is 3.92. The lowest BCUT2D eigenvalue weighted by atomic mass is 10.1. The Morgan fingerprint density at radius 3 is 2.88 bits per heavy atom. The molecule has 1 aromatic carbocycles. The van der Waals surface area contributed by atoms with E-state index in [1.54, 1.807) is 0 Å². The van der Waals surface area contributed by atoms with Crippen LogP contribution in [0.15, 0.2) is 28.7 Å². The van der Waals surface area contributed by atoms with Crippen LogP contribution in [0.5, 0.6) is 0 Å². The van der Waals surface area contributed by atoms with Gasteiger partial charge >= 0.3 is 0 Å². The fourth-order valence-corrected chi connectivity index (χ4v) is 2.81. The number of hydrogen-bond acceptors (Lipinski definition) is 2. The summed E-state index contributed by atoms with van der Waals surface area (Å²) < 4.78 is 1.20. The summed E-state index contributed by atoms with van der Waals surface area (Å²) in [6.45, 7) is 6.67. The van der Waals surface area contributed by atoms with Crippen molar-refractivity contribution in [3.8, 4) is 0 Å². The first-order valence-electron chi connectivity index (χ1n) is 5.97. The van der Waals surface area contributed by atoms with Gasteiger partial charge in [-0.3, -0.25) is 0 Å². The molecule has 0 bridgehead atoms. The molecule has 1 saturated heterocycles. The topological polar surface area (TPSA) is 15.3 Å². The van der Waals surface area contributed by atoms with E-state index < -0.39 is 0 Å². The van der Waals surface area contributed by atoms with Gasteiger partial charge in [-0.25, -0.2) is 0 Å². The molecule has 2 nitrogen and oxygen atoms in total. The predicted octanol–water partition coefficient (Wildman–Crippen LogP) is 3.03. The van der Waals surface area contributed by atoms with E-state index in [1.165, 1.54) is 16.6 Å². The lowest BCUT2D eigenvalue weighted by molar-refractivity contribution is 0.402. The van der Waals surface area contributed by atoms with E-state index in [2.05, 4.69) is 64.3 Å². The van der Waals surface area contributed by atoms with Crippen molar-refractivity contribution in [2.75, 3.05) is 18.0 Å². The third kappa shape index (κ3) is 2.41. The summed E-state index contributed by atoms with van der Waals surface area (Å²) in [5.74, 6) is 0. The second-order valence-electron chi connectivity index (χ2n) is 4.48. The van der Waals surface area contributed by atoms with Crippen molar-refractivity contribution in [3.63, 3.8) is 0 Å².